The average molecular weight is 505 g/mol. The van der Waals surface area contributed by atoms with E-state index in [1.807, 2.05) is 0 Å². The molecule has 1 spiro atoms. The van der Waals surface area contributed by atoms with Gasteiger partial charge in [-0.1, -0.05) is 0 Å². The van der Waals surface area contributed by atoms with Crippen molar-refractivity contribution in [2.75, 3.05) is 36.2 Å². The van der Waals surface area contributed by atoms with Crippen molar-refractivity contribution in [2.24, 2.45) is 0 Å². The number of aliphatic hydroxyl groups excluding tert-OH is 1. The number of anilines is 2. The van der Waals surface area contributed by atoms with Gasteiger partial charge in [-0.15, -0.1) is 0 Å². The molecule has 35 heavy (non-hydrogen) atoms. The Morgan fingerprint density at radius 1 is 1.20 bits per heavy atom. The number of benzene rings is 2. The molecule has 182 valence electrons. The summed E-state index contributed by atoms with van der Waals surface area (Å²) >= 11 is 5.63. The van der Waals surface area contributed by atoms with E-state index in [9.17, 15) is 23.1 Å². The summed E-state index contributed by atoms with van der Waals surface area (Å²) < 4.78 is 57.6. The van der Waals surface area contributed by atoms with Crippen molar-refractivity contribution in [1.29, 1.82) is 5.26 Å². The molecule has 12 heteroatoms. The van der Waals surface area contributed by atoms with Crippen molar-refractivity contribution in [3.05, 3.63) is 47.5 Å². The van der Waals surface area contributed by atoms with E-state index in [1.54, 1.807) is 23.1 Å². The lowest BCUT2D eigenvalue weighted by atomic mass is 9.95. The lowest BCUT2D eigenvalue weighted by molar-refractivity contribution is -0.137. The number of halogens is 3. The molecule has 5 rings (SSSR count). The smallest absolute Gasteiger partial charge is 0.417 e. The van der Waals surface area contributed by atoms with Crippen molar-refractivity contribution in [3.63, 3.8) is 0 Å². The summed E-state index contributed by atoms with van der Waals surface area (Å²) in [6, 6.07) is 9.49. The Balaban J connectivity index is 1.58. The lowest BCUT2D eigenvalue weighted by Crippen LogP contribution is -2.50. The molecule has 2 saturated heterocycles. The molecule has 2 aromatic rings. The molecule has 0 unspecified atom stereocenters. The van der Waals surface area contributed by atoms with Gasteiger partial charge < -0.3 is 24.2 Å². The average Bonchev–Trinajstić information content (AvgIpc) is 3.41. The SMILES string of the molecule is N#Cc1ccc(N2C(=O)[C@]3(CCOC3)N(c3ccc4c(c3)OC[C@H](CO)O4)C2=S)cc1C(F)(F)F. The second-order valence-electron chi connectivity index (χ2n) is 8.30. The third kappa shape index (κ3) is 3.67. The van der Waals surface area contributed by atoms with Gasteiger partial charge in [-0.05, 0) is 42.5 Å². The summed E-state index contributed by atoms with van der Waals surface area (Å²) in [6.07, 6.45) is -5.03. The minimum absolute atomic E-state index is 0.00803. The highest BCUT2D eigenvalue weighted by Crippen LogP contribution is 2.45. The van der Waals surface area contributed by atoms with E-state index in [1.165, 1.54) is 12.1 Å². The molecule has 3 aliphatic heterocycles. The topological polar surface area (TPSA) is 95.3 Å². The second kappa shape index (κ2) is 8.37. The number of nitriles is 1. The molecule has 2 aromatic carbocycles. The number of hydrogen-bond donors (Lipinski definition) is 1. The Kier molecular flexibility index (Phi) is 5.58. The van der Waals surface area contributed by atoms with E-state index in [0.29, 0.717) is 17.2 Å². The van der Waals surface area contributed by atoms with Crippen molar-refractivity contribution < 1.29 is 37.3 Å². The number of alkyl halides is 3. The van der Waals surface area contributed by atoms with E-state index in [-0.39, 0.29) is 43.6 Å². The van der Waals surface area contributed by atoms with Crippen LogP contribution in [0.2, 0.25) is 0 Å². The van der Waals surface area contributed by atoms with E-state index in [0.717, 1.165) is 17.0 Å². The van der Waals surface area contributed by atoms with Gasteiger partial charge in [0, 0.05) is 24.8 Å². The number of carbonyl (C=O) groups excluding carboxylic acids is 1. The van der Waals surface area contributed by atoms with Crippen molar-refractivity contribution >= 4 is 34.6 Å². The Morgan fingerprint density at radius 3 is 2.63 bits per heavy atom. The van der Waals surface area contributed by atoms with Gasteiger partial charge in [-0.25, -0.2) is 0 Å². The highest BCUT2D eigenvalue weighted by molar-refractivity contribution is 7.81. The number of thiocarbonyl (C=S) groups is 1. The van der Waals surface area contributed by atoms with Crippen LogP contribution in [-0.4, -0.2) is 54.2 Å². The molecule has 1 N–H and O–H groups in total. The normalized spacial score (nSPS) is 23.8. The maximum Gasteiger partial charge on any atom is 0.417 e. The van der Waals surface area contributed by atoms with Gasteiger partial charge in [-0.3, -0.25) is 9.69 Å². The zero-order valence-electron chi connectivity index (χ0n) is 18.0. The number of aliphatic hydroxyl groups is 1. The van der Waals surface area contributed by atoms with Gasteiger partial charge in [0.1, 0.15) is 6.61 Å². The van der Waals surface area contributed by atoms with E-state index in [4.69, 9.17) is 31.7 Å². The lowest BCUT2D eigenvalue weighted by Gasteiger charge is -2.32. The Hall–Kier alpha value is -3.40. The molecule has 0 bridgehead atoms. The first-order chi connectivity index (χ1) is 16.7. The number of hydrogen-bond acceptors (Lipinski definition) is 7. The summed E-state index contributed by atoms with van der Waals surface area (Å²) in [5.74, 6) is 0.270. The Labute approximate surface area is 203 Å². The zero-order chi connectivity index (χ0) is 25.0. The Bertz CT molecular complexity index is 1260. The van der Waals surface area contributed by atoms with Crippen LogP contribution in [0.3, 0.4) is 0 Å². The van der Waals surface area contributed by atoms with Crippen molar-refractivity contribution in [1.82, 2.24) is 0 Å². The molecule has 8 nitrogen and oxygen atoms in total. The molecule has 3 aliphatic rings. The van der Waals surface area contributed by atoms with Crippen molar-refractivity contribution in [3.8, 4) is 17.6 Å². The van der Waals surface area contributed by atoms with E-state index in [2.05, 4.69) is 0 Å². The molecule has 0 saturated carbocycles. The van der Waals surface area contributed by atoms with Crippen molar-refractivity contribution in [2.45, 2.75) is 24.2 Å². The fourth-order valence-electron chi connectivity index (χ4n) is 4.49. The van der Waals surface area contributed by atoms with Crippen LogP contribution in [0.1, 0.15) is 17.5 Å². The summed E-state index contributed by atoms with van der Waals surface area (Å²) in [6.45, 7) is 0.169. The molecule has 2 fully saturated rings. The van der Waals surface area contributed by atoms with E-state index < -0.39 is 34.9 Å². The summed E-state index contributed by atoms with van der Waals surface area (Å²) in [7, 11) is 0. The molecule has 2 atom stereocenters. The molecular weight excluding hydrogens is 487 g/mol. The zero-order valence-corrected chi connectivity index (χ0v) is 18.9. The number of fused-ring (bicyclic) bond motifs is 1. The number of ether oxygens (including phenoxy) is 3. The van der Waals surface area contributed by atoms with E-state index >= 15 is 0 Å². The highest BCUT2D eigenvalue weighted by atomic mass is 32.1. The number of amides is 1. The van der Waals surface area contributed by atoms with Crippen LogP contribution in [0.5, 0.6) is 11.5 Å². The minimum atomic E-state index is -4.79. The third-order valence-electron chi connectivity index (χ3n) is 6.21. The van der Waals surface area contributed by atoms with Crippen LogP contribution in [0.4, 0.5) is 24.5 Å². The fraction of sp³-hybridized carbons (Fsp3) is 0.348. The minimum Gasteiger partial charge on any atom is -0.486 e. The van der Waals surface area contributed by atoms with Crippen LogP contribution < -0.4 is 19.3 Å². The van der Waals surface area contributed by atoms with Crippen LogP contribution in [0, 0.1) is 11.3 Å². The quantitative estimate of drug-likeness (QED) is 0.637. The summed E-state index contributed by atoms with van der Waals surface area (Å²) in [5, 5.41) is 18.4. The maximum absolute atomic E-state index is 13.7. The first-order valence-electron chi connectivity index (χ1n) is 10.6. The Morgan fingerprint density at radius 2 is 1.97 bits per heavy atom. The first kappa shape index (κ1) is 23.3. The van der Waals surface area contributed by atoms with Crippen LogP contribution in [0.15, 0.2) is 36.4 Å². The predicted octanol–water partition coefficient (Wildman–Crippen LogP) is 3.01. The number of nitrogens with zero attached hydrogens (tertiary/aromatic N) is 3. The molecule has 3 heterocycles. The summed E-state index contributed by atoms with van der Waals surface area (Å²) in [5.41, 5.74) is -2.57. The van der Waals surface area contributed by atoms with Gasteiger partial charge in [-0.2, -0.15) is 18.4 Å². The first-order valence-corrected chi connectivity index (χ1v) is 11.0. The van der Waals surface area contributed by atoms with Gasteiger partial charge in [0.05, 0.1) is 36.1 Å². The van der Waals surface area contributed by atoms with Gasteiger partial charge in [0.2, 0.25) is 0 Å². The molecular formula is C23H18F3N3O5S. The van der Waals surface area contributed by atoms with Crippen LogP contribution >= 0.6 is 12.2 Å². The molecule has 0 radical (unpaired) electrons. The van der Waals surface area contributed by atoms with Gasteiger partial charge >= 0.3 is 6.18 Å². The predicted molar refractivity (Wildman–Crippen MR) is 120 cm³/mol. The van der Waals surface area contributed by atoms with Crippen LogP contribution in [-0.2, 0) is 15.7 Å². The third-order valence-corrected chi connectivity index (χ3v) is 6.57. The number of rotatable bonds is 3. The van der Waals surface area contributed by atoms with Crippen LogP contribution in [0.25, 0.3) is 0 Å². The summed E-state index contributed by atoms with van der Waals surface area (Å²) in [4.78, 5) is 16.3. The molecule has 0 aliphatic carbocycles. The standard InChI is InChI=1S/C23H18F3N3O5S/c24-23(25,26)17-7-14(2-1-13(17)9-27)28-20(31)22(5-6-32-12-22)29(21(28)35)15-3-4-18-19(8-15)33-11-16(10-30)34-18/h1-4,7-8,16,30H,5-6,10-12H2/t16-,22+/m0/s1. The number of carbonyl (C=O) groups is 1. The molecule has 1 amide bonds. The highest BCUT2D eigenvalue weighted by Gasteiger charge is 2.58. The monoisotopic (exact) mass is 505 g/mol. The fourth-order valence-corrected chi connectivity index (χ4v) is 4.96. The second-order valence-corrected chi connectivity index (χ2v) is 8.66. The largest absolute Gasteiger partial charge is 0.486 e. The van der Waals surface area contributed by atoms with Gasteiger partial charge in [0.25, 0.3) is 5.91 Å². The van der Waals surface area contributed by atoms with Gasteiger partial charge in [0.15, 0.2) is 28.3 Å². The maximum atomic E-state index is 13.7. The molecule has 0 aromatic heterocycles.